The number of unbranched alkanes of at least 4 members (excludes halogenated alkanes) is 1. The molecule has 0 atom stereocenters. The van der Waals surface area contributed by atoms with Crippen molar-refractivity contribution in [2.75, 3.05) is 13.2 Å². The number of carbonyl (C=O) groups excluding carboxylic acids is 1. The first-order valence-electron chi connectivity index (χ1n) is 6.79. The molecule has 0 aliphatic heterocycles. The van der Waals surface area contributed by atoms with Crippen LogP contribution >= 0.6 is 0 Å². The number of rotatable bonds is 9. The Morgan fingerprint density at radius 2 is 1.76 bits per heavy atom. The fourth-order valence-electron chi connectivity index (χ4n) is 1.79. The van der Waals surface area contributed by atoms with E-state index in [9.17, 15) is 4.79 Å². The molecule has 3 nitrogen and oxygen atoms in total. The first-order chi connectivity index (χ1) is 8.21. The average Bonchev–Trinajstić information content (AvgIpc) is 2.34. The Balaban J connectivity index is 4.55. The number of esters is 1. The quantitative estimate of drug-likeness (QED) is 0.383. The van der Waals surface area contributed by atoms with Crippen LogP contribution in [0.4, 0.5) is 0 Å². The molecular weight excluding hydrogens is 214 g/mol. The van der Waals surface area contributed by atoms with Gasteiger partial charge in [0.2, 0.25) is 0 Å². The van der Waals surface area contributed by atoms with E-state index >= 15 is 0 Å². The lowest BCUT2D eigenvalue weighted by atomic mass is 9.98. The van der Waals surface area contributed by atoms with Crippen molar-refractivity contribution in [3.8, 4) is 0 Å². The first kappa shape index (κ1) is 16.2. The molecule has 0 unspecified atom stereocenters. The van der Waals surface area contributed by atoms with E-state index in [1.807, 2.05) is 0 Å². The van der Waals surface area contributed by atoms with E-state index in [4.69, 9.17) is 10.5 Å². The van der Waals surface area contributed by atoms with Crippen molar-refractivity contribution in [2.45, 2.75) is 59.3 Å². The minimum absolute atomic E-state index is 0.134. The normalized spacial score (nSPS) is 10.1. The maximum atomic E-state index is 12.0. The lowest BCUT2D eigenvalue weighted by molar-refractivity contribution is -0.139. The molecule has 0 aliphatic carbocycles. The van der Waals surface area contributed by atoms with E-state index in [1.165, 1.54) is 5.57 Å². The van der Waals surface area contributed by atoms with Gasteiger partial charge in [-0.2, -0.15) is 0 Å². The number of ether oxygens (including phenoxy) is 1. The molecule has 0 fully saturated rings. The van der Waals surface area contributed by atoms with Gasteiger partial charge in [0.1, 0.15) is 0 Å². The van der Waals surface area contributed by atoms with Crippen molar-refractivity contribution >= 4 is 5.97 Å². The Bertz CT molecular complexity index is 241. The van der Waals surface area contributed by atoms with Gasteiger partial charge in [-0.25, -0.2) is 4.79 Å². The van der Waals surface area contributed by atoms with Gasteiger partial charge in [-0.15, -0.1) is 0 Å². The third kappa shape index (κ3) is 6.47. The molecule has 2 N–H and O–H groups in total. The number of hydrogen-bond acceptors (Lipinski definition) is 3. The topological polar surface area (TPSA) is 52.3 Å². The highest BCUT2D eigenvalue weighted by Gasteiger charge is 2.14. The van der Waals surface area contributed by atoms with Crippen LogP contribution in [-0.4, -0.2) is 19.1 Å². The smallest absolute Gasteiger partial charge is 0.333 e. The molecule has 100 valence electrons. The van der Waals surface area contributed by atoms with E-state index in [0.29, 0.717) is 13.2 Å². The van der Waals surface area contributed by atoms with Crippen molar-refractivity contribution in [1.82, 2.24) is 0 Å². The summed E-state index contributed by atoms with van der Waals surface area (Å²) in [6, 6.07) is 0. The van der Waals surface area contributed by atoms with Gasteiger partial charge in [-0.05, 0) is 38.6 Å². The summed E-state index contributed by atoms with van der Waals surface area (Å²) in [5.74, 6) is -0.134. The van der Waals surface area contributed by atoms with Gasteiger partial charge in [0, 0.05) is 5.57 Å². The Kier molecular flexibility index (Phi) is 9.83. The van der Waals surface area contributed by atoms with E-state index in [1.54, 1.807) is 0 Å². The summed E-state index contributed by atoms with van der Waals surface area (Å²) < 4.78 is 5.25. The molecule has 0 heterocycles. The molecule has 0 spiro atoms. The number of nitrogens with two attached hydrogens (primary N) is 1. The molecule has 0 amide bonds. The van der Waals surface area contributed by atoms with Crippen LogP contribution in [0.1, 0.15) is 59.3 Å². The molecule has 0 aromatic heterocycles. The fraction of sp³-hybridized carbons (Fsp3) is 0.786. The van der Waals surface area contributed by atoms with Crippen LogP contribution in [0.5, 0.6) is 0 Å². The summed E-state index contributed by atoms with van der Waals surface area (Å²) >= 11 is 0. The van der Waals surface area contributed by atoms with Gasteiger partial charge in [-0.3, -0.25) is 0 Å². The van der Waals surface area contributed by atoms with Crippen LogP contribution < -0.4 is 5.73 Å². The maximum absolute atomic E-state index is 12.0. The van der Waals surface area contributed by atoms with Gasteiger partial charge in [0.05, 0.1) is 6.61 Å². The predicted molar refractivity (Wildman–Crippen MR) is 71.8 cm³/mol. The van der Waals surface area contributed by atoms with Gasteiger partial charge in [0.15, 0.2) is 0 Å². The summed E-state index contributed by atoms with van der Waals surface area (Å²) in [6.07, 6.45) is 5.59. The lowest BCUT2D eigenvalue weighted by Crippen LogP contribution is -2.13. The van der Waals surface area contributed by atoms with Crippen LogP contribution in [0.15, 0.2) is 11.1 Å². The summed E-state index contributed by atoms with van der Waals surface area (Å²) in [7, 11) is 0. The lowest BCUT2D eigenvalue weighted by Gasteiger charge is -2.12. The minimum Gasteiger partial charge on any atom is -0.462 e. The Hall–Kier alpha value is -0.830. The Labute approximate surface area is 105 Å². The molecule has 0 aromatic carbocycles. The van der Waals surface area contributed by atoms with Crippen molar-refractivity contribution in [3.05, 3.63) is 11.1 Å². The van der Waals surface area contributed by atoms with E-state index < -0.39 is 0 Å². The largest absolute Gasteiger partial charge is 0.462 e. The highest BCUT2D eigenvalue weighted by molar-refractivity contribution is 5.89. The first-order valence-corrected chi connectivity index (χ1v) is 6.79. The minimum atomic E-state index is -0.134. The number of hydrogen-bond donors (Lipinski definition) is 1. The van der Waals surface area contributed by atoms with Crippen LogP contribution in [0.2, 0.25) is 0 Å². The van der Waals surface area contributed by atoms with Crippen LogP contribution in [-0.2, 0) is 9.53 Å². The predicted octanol–water partition coefficient (Wildman–Crippen LogP) is 3.19. The molecule has 0 bridgehead atoms. The second-order valence-electron chi connectivity index (χ2n) is 4.17. The third-order valence-corrected chi connectivity index (χ3v) is 2.89. The molecule has 0 aromatic rings. The van der Waals surface area contributed by atoms with E-state index in [2.05, 4.69) is 20.8 Å². The molecule has 3 heteroatoms. The second-order valence-corrected chi connectivity index (χ2v) is 4.17. The highest BCUT2D eigenvalue weighted by atomic mass is 16.5. The summed E-state index contributed by atoms with van der Waals surface area (Å²) in [6.45, 7) is 7.33. The van der Waals surface area contributed by atoms with Gasteiger partial charge >= 0.3 is 5.97 Å². The number of allylic oxidation sites excluding steroid dienone is 1. The second kappa shape index (κ2) is 10.3. The fourth-order valence-corrected chi connectivity index (χ4v) is 1.79. The standard InChI is InChI=1S/C14H27NO2/c1-4-7-9-13(12(5-2)6-3)14(16)17-11-8-10-15/h4-11,15H2,1-3H3. The van der Waals surface area contributed by atoms with Crippen LogP contribution in [0.3, 0.4) is 0 Å². The molecule has 0 radical (unpaired) electrons. The van der Waals surface area contributed by atoms with Crippen LogP contribution in [0.25, 0.3) is 0 Å². The van der Waals surface area contributed by atoms with Crippen molar-refractivity contribution in [1.29, 1.82) is 0 Å². The molecular formula is C14H27NO2. The molecule has 0 rings (SSSR count). The maximum Gasteiger partial charge on any atom is 0.333 e. The third-order valence-electron chi connectivity index (χ3n) is 2.89. The summed E-state index contributed by atoms with van der Waals surface area (Å²) in [4.78, 5) is 12.0. The van der Waals surface area contributed by atoms with Crippen molar-refractivity contribution in [2.24, 2.45) is 5.73 Å². The van der Waals surface area contributed by atoms with Gasteiger partial charge in [-0.1, -0.05) is 32.8 Å². The SMILES string of the molecule is CCCCC(C(=O)OCCCN)=C(CC)CC. The average molecular weight is 241 g/mol. The summed E-state index contributed by atoms with van der Waals surface area (Å²) in [5, 5.41) is 0. The number of carbonyl (C=O) groups is 1. The Morgan fingerprint density at radius 3 is 2.24 bits per heavy atom. The monoisotopic (exact) mass is 241 g/mol. The molecule has 0 aliphatic rings. The van der Waals surface area contributed by atoms with Gasteiger partial charge in [0.25, 0.3) is 0 Å². The van der Waals surface area contributed by atoms with Crippen molar-refractivity contribution in [3.63, 3.8) is 0 Å². The molecule has 0 saturated carbocycles. The zero-order valence-corrected chi connectivity index (χ0v) is 11.6. The van der Waals surface area contributed by atoms with Crippen LogP contribution in [0, 0.1) is 0 Å². The zero-order chi connectivity index (χ0) is 13.1. The Morgan fingerprint density at radius 1 is 1.12 bits per heavy atom. The summed E-state index contributed by atoms with van der Waals surface area (Å²) in [5.41, 5.74) is 7.51. The van der Waals surface area contributed by atoms with E-state index in [0.717, 1.165) is 44.1 Å². The van der Waals surface area contributed by atoms with E-state index in [-0.39, 0.29) is 5.97 Å². The van der Waals surface area contributed by atoms with Crippen molar-refractivity contribution < 1.29 is 9.53 Å². The molecule has 0 saturated heterocycles. The molecule has 17 heavy (non-hydrogen) atoms. The highest BCUT2D eigenvalue weighted by Crippen LogP contribution is 2.19. The zero-order valence-electron chi connectivity index (χ0n) is 11.6. The van der Waals surface area contributed by atoms with Gasteiger partial charge < -0.3 is 10.5 Å².